The molecule has 2 heterocycles. The fourth-order valence-corrected chi connectivity index (χ4v) is 4.23. The minimum absolute atomic E-state index is 0.275. The number of amides is 1. The monoisotopic (exact) mass is 349 g/mol. The van der Waals surface area contributed by atoms with E-state index in [1.54, 1.807) is 11.6 Å². The third kappa shape index (κ3) is 2.54. The number of para-hydroxylation sites is 1. The Morgan fingerprint density at radius 3 is 3.00 bits per heavy atom. The lowest BCUT2D eigenvalue weighted by Crippen LogP contribution is -2.16. The zero-order chi connectivity index (χ0) is 16.5. The molecule has 4 aromatic rings. The van der Waals surface area contributed by atoms with Crippen LogP contribution in [0, 0.1) is 12.3 Å². The first-order valence-corrected chi connectivity index (χ1v) is 8.90. The van der Waals surface area contributed by atoms with Gasteiger partial charge < -0.3 is 4.57 Å². The number of fused-ring (bicyclic) bond motifs is 2. The third-order valence-electron chi connectivity index (χ3n) is 3.61. The number of hydrogen-bond acceptors (Lipinski definition) is 4. The van der Waals surface area contributed by atoms with E-state index < -0.39 is 0 Å². The largest absolute Gasteiger partial charge is 0.305 e. The highest BCUT2D eigenvalue weighted by Gasteiger charge is 2.09. The Bertz CT molecular complexity index is 1170. The number of aromatic nitrogens is 2. The highest BCUT2D eigenvalue weighted by Crippen LogP contribution is 2.20. The molecule has 0 aliphatic carbocycles. The summed E-state index contributed by atoms with van der Waals surface area (Å²) in [7, 11) is 0. The average molecular weight is 349 g/mol. The number of carbonyl (C=O) groups excluding carboxylic acids is 1. The molecule has 0 bridgehead atoms. The highest BCUT2D eigenvalue weighted by molar-refractivity contribution is 7.17. The molecule has 0 saturated heterocycles. The molecular formula is C18H11N3OS2. The van der Waals surface area contributed by atoms with E-state index in [1.807, 2.05) is 41.0 Å². The first-order chi connectivity index (χ1) is 11.8. The van der Waals surface area contributed by atoms with Gasteiger partial charge in [-0.05, 0) is 30.3 Å². The Hall–Kier alpha value is -2.75. The summed E-state index contributed by atoms with van der Waals surface area (Å²) >= 11 is 2.97. The van der Waals surface area contributed by atoms with Crippen molar-refractivity contribution in [3.8, 4) is 12.3 Å². The minimum atomic E-state index is -0.275. The lowest BCUT2D eigenvalue weighted by atomic mass is 10.2. The van der Waals surface area contributed by atoms with Crippen LogP contribution < -0.4 is 4.80 Å². The van der Waals surface area contributed by atoms with Crippen molar-refractivity contribution >= 4 is 49.0 Å². The van der Waals surface area contributed by atoms with Crippen LogP contribution >= 0.6 is 22.7 Å². The summed E-state index contributed by atoms with van der Waals surface area (Å²) in [4.78, 5) is 21.7. The Morgan fingerprint density at radius 2 is 2.12 bits per heavy atom. The van der Waals surface area contributed by atoms with Crippen molar-refractivity contribution in [3.05, 3.63) is 58.3 Å². The Kier molecular flexibility index (Phi) is 3.73. The lowest BCUT2D eigenvalue weighted by Gasteiger charge is -1.99. The maximum atomic E-state index is 12.6. The molecule has 2 aromatic heterocycles. The number of terminal acetylenes is 1. The van der Waals surface area contributed by atoms with Gasteiger partial charge in [-0.25, -0.2) is 4.98 Å². The number of thiazole rings is 2. The third-order valence-corrected chi connectivity index (χ3v) is 5.46. The van der Waals surface area contributed by atoms with Gasteiger partial charge in [0.1, 0.15) is 0 Å². The molecule has 0 radical (unpaired) electrons. The van der Waals surface area contributed by atoms with Crippen molar-refractivity contribution in [1.29, 1.82) is 0 Å². The second-order valence-corrected chi connectivity index (χ2v) is 6.99. The fourth-order valence-electron chi connectivity index (χ4n) is 2.49. The summed E-state index contributed by atoms with van der Waals surface area (Å²) in [5, 5.41) is 0. The molecule has 24 heavy (non-hydrogen) atoms. The molecule has 116 valence electrons. The minimum Gasteiger partial charge on any atom is -0.305 e. The zero-order valence-corrected chi connectivity index (χ0v) is 14.1. The smallest absolute Gasteiger partial charge is 0.279 e. The molecule has 0 aliphatic heterocycles. The maximum Gasteiger partial charge on any atom is 0.279 e. The molecule has 1 amide bonds. The van der Waals surface area contributed by atoms with E-state index in [1.165, 1.54) is 22.7 Å². The molecule has 0 N–H and O–H groups in total. The van der Waals surface area contributed by atoms with Gasteiger partial charge >= 0.3 is 0 Å². The van der Waals surface area contributed by atoms with E-state index in [-0.39, 0.29) is 5.91 Å². The molecule has 2 aromatic carbocycles. The standard InChI is InChI=1S/C18H11N3OS2/c1-2-9-21-14-5-3-4-6-15(14)24-18(21)20-17(22)12-7-8-13-16(10-12)23-11-19-13/h1,3-8,10-11H,9H2. The van der Waals surface area contributed by atoms with E-state index in [4.69, 9.17) is 6.42 Å². The van der Waals surface area contributed by atoms with Gasteiger partial charge in [-0.15, -0.1) is 17.8 Å². The van der Waals surface area contributed by atoms with Crippen molar-refractivity contribution < 1.29 is 4.79 Å². The number of nitrogens with zero attached hydrogens (tertiary/aromatic N) is 3. The summed E-state index contributed by atoms with van der Waals surface area (Å²) < 4.78 is 3.92. The second kappa shape index (κ2) is 6.04. The van der Waals surface area contributed by atoms with Gasteiger partial charge in [-0.3, -0.25) is 4.79 Å². The normalized spacial score (nSPS) is 11.9. The van der Waals surface area contributed by atoms with Crippen LogP contribution in [-0.2, 0) is 6.54 Å². The predicted molar refractivity (Wildman–Crippen MR) is 98.2 cm³/mol. The van der Waals surface area contributed by atoms with Crippen LogP contribution in [0.1, 0.15) is 10.4 Å². The summed E-state index contributed by atoms with van der Waals surface area (Å²) in [6.45, 7) is 0.379. The quantitative estimate of drug-likeness (QED) is 0.518. The molecule has 4 rings (SSSR count). The van der Waals surface area contributed by atoms with Crippen LogP contribution in [0.3, 0.4) is 0 Å². The molecular weight excluding hydrogens is 338 g/mol. The molecule has 0 fully saturated rings. The molecule has 0 saturated carbocycles. The highest BCUT2D eigenvalue weighted by atomic mass is 32.1. The Morgan fingerprint density at radius 1 is 1.25 bits per heavy atom. The molecule has 0 aliphatic rings. The van der Waals surface area contributed by atoms with Crippen LogP contribution in [0.5, 0.6) is 0 Å². The van der Waals surface area contributed by atoms with E-state index >= 15 is 0 Å². The van der Waals surface area contributed by atoms with Gasteiger partial charge in [-0.2, -0.15) is 4.99 Å². The average Bonchev–Trinajstić information content (AvgIpc) is 3.19. The molecule has 0 spiro atoms. The predicted octanol–water partition coefficient (Wildman–Crippen LogP) is 3.69. The summed E-state index contributed by atoms with van der Waals surface area (Å²) in [5.41, 5.74) is 4.20. The zero-order valence-electron chi connectivity index (χ0n) is 12.5. The molecule has 4 nitrogen and oxygen atoms in total. The van der Waals surface area contributed by atoms with E-state index in [0.717, 1.165) is 20.4 Å². The maximum absolute atomic E-state index is 12.6. The number of rotatable bonds is 2. The van der Waals surface area contributed by atoms with Gasteiger partial charge in [0.25, 0.3) is 5.91 Å². The van der Waals surface area contributed by atoms with Gasteiger partial charge in [0, 0.05) is 5.56 Å². The number of hydrogen-bond donors (Lipinski definition) is 0. The summed E-state index contributed by atoms with van der Waals surface area (Å²) in [6, 6.07) is 13.3. The Labute approximate surface area is 145 Å². The van der Waals surface area contributed by atoms with E-state index in [0.29, 0.717) is 16.9 Å². The first kappa shape index (κ1) is 14.8. The van der Waals surface area contributed by atoms with Gasteiger partial charge in [0.15, 0.2) is 4.80 Å². The van der Waals surface area contributed by atoms with Crippen molar-refractivity contribution in [2.75, 3.05) is 0 Å². The Balaban J connectivity index is 1.85. The molecule has 0 atom stereocenters. The summed E-state index contributed by atoms with van der Waals surface area (Å²) in [6.07, 6.45) is 5.47. The second-order valence-electron chi connectivity index (χ2n) is 5.09. The van der Waals surface area contributed by atoms with Crippen molar-refractivity contribution in [2.24, 2.45) is 4.99 Å². The molecule has 6 heteroatoms. The number of carbonyl (C=O) groups is 1. The van der Waals surface area contributed by atoms with Crippen LogP contribution in [-0.4, -0.2) is 15.5 Å². The van der Waals surface area contributed by atoms with Gasteiger partial charge in [-0.1, -0.05) is 29.4 Å². The van der Waals surface area contributed by atoms with Crippen molar-refractivity contribution in [2.45, 2.75) is 6.54 Å². The number of benzene rings is 2. The van der Waals surface area contributed by atoms with Crippen molar-refractivity contribution in [3.63, 3.8) is 0 Å². The topological polar surface area (TPSA) is 47.2 Å². The van der Waals surface area contributed by atoms with Crippen LogP contribution in [0.2, 0.25) is 0 Å². The fraction of sp³-hybridized carbons (Fsp3) is 0.0556. The molecule has 0 unspecified atom stereocenters. The van der Waals surface area contributed by atoms with E-state index in [9.17, 15) is 4.79 Å². The first-order valence-electron chi connectivity index (χ1n) is 7.20. The van der Waals surface area contributed by atoms with Gasteiger partial charge in [0.05, 0.1) is 32.5 Å². The van der Waals surface area contributed by atoms with E-state index in [2.05, 4.69) is 15.9 Å². The van der Waals surface area contributed by atoms with Gasteiger partial charge in [0.2, 0.25) is 0 Å². The van der Waals surface area contributed by atoms with Crippen LogP contribution in [0.4, 0.5) is 0 Å². The summed E-state index contributed by atoms with van der Waals surface area (Å²) in [5.74, 6) is 2.35. The SMILES string of the molecule is C#CCn1c(=NC(=O)c2ccc3ncsc3c2)sc2ccccc21. The van der Waals surface area contributed by atoms with Crippen LogP contribution in [0.25, 0.3) is 20.4 Å². The lowest BCUT2D eigenvalue weighted by molar-refractivity contribution is 0.0998. The van der Waals surface area contributed by atoms with Crippen LogP contribution in [0.15, 0.2) is 53.0 Å². The van der Waals surface area contributed by atoms with Crippen molar-refractivity contribution in [1.82, 2.24) is 9.55 Å².